The van der Waals surface area contributed by atoms with Crippen molar-refractivity contribution in [1.29, 1.82) is 0 Å². The number of piperidine rings is 1. The Hall–Kier alpha value is -2.49. The maximum atomic E-state index is 13.3. The molecular formula is C25H35N5O3S. The van der Waals surface area contributed by atoms with Crippen molar-refractivity contribution in [3.63, 3.8) is 0 Å². The Morgan fingerprint density at radius 1 is 1.21 bits per heavy atom. The van der Waals surface area contributed by atoms with Crippen molar-refractivity contribution < 1.29 is 13.9 Å². The molecule has 2 saturated heterocycles. The molecule has 0 unspecified atom stereocenters. The first-order chi connectivity index (χ1) is 16.5. The maximum absolute atomic E-state index is 13.3. The first-order valence-electron chi connectivity index (χ1n) is 12.1. The molecule has 2 aliphatic rings. The van der Waals surface area contributed by atoms with Crippen molar-refractivity contribution in [2.45, 2.75) is 32.2 Å². The summed E-state index contributed by atoms with van der Waals surface area (Å²) in [6.07, 6.45) is 3.47. The van der Waals surface area contributed by atoms with Crippen LogP contribution >= 0.6 is 12.2 Å². The molecule has 2 aromatic rings. The molecule has 1 amide bonds. The van der Waals surface area contributed by atoms with Crippen LogP contribution in [0.1, 0.15) is 46.3 Å². The zero-order chi connectivity index (χ0) is 23.9. The predicted octanol–water partition coefficient (Wildman–Crippen LogP) is 2.64. The normalized spacial score (nSPS) is 17.5. The van der Waals surface area contributed by atoms with Crippen molar-refractivity contribution >= 4 is 23.2 Å². The highest BCUT2D eigenvalue weighted by Gasteiger charge is 2.28. The summed E-state index contributed by atoms with van der Waals surface area (Å²) in [5.41, 5.74) is 2.52. The molecule has 34 heavy (non-hydrogen) atoms. The molecule has 2 aliphatic heterocycles. The summed E-state index contributed by atoms with van der Waals surface area (Å²) in [5.74, 6) is 0.977. The molecule has 2 aromatic heterocycles. The molecule has 0 atom stereocenters. The molecule has 0 spiro atoms. The Kier molecular flexibility index (Phi) is 8.53. The first kappa shape index (κ1) is 24.6. The number of thiocarbonyl (C=S) groups is 1. The number of aryl methyl sites for hydroxylation is 1. The molecule has 4 rings (SSSR count). The van der Waals surface area contributed by atoms with Crippen LogP contribution in [0.3, 0.4) is 0 Å². The van der Waals surface area contributed by atoms with Gasteiger partial charge in [-0.15, -0.1) is 0 Å². The minimum absolute atomic E-state index is 0.0263. The van der Waals surface area contributed by atoms with E-state index in [1.807, 2.05) is 31.2 Å². The van der Waals surface area contributed by atoms with E-state index >= 15 is 0 Å². The molecule has 0 radical (unpaired) electrons. The second kappa shape index (κ2) is 11.8. The maximum Gasteiger partial charge on any atom is 0.255 e. The van der Waals surface area contributed by atoms with Crippen LogP contribution in [0.4, 0.5) is 0 Å². The molecule has 2 fully saturated rings. The number of aromatic nitrogens is 1. The summed E-state index contributed by atoms with van der Waals surface area (Å²) >= 11 is 5.66. The van der Waals surface area contributed by atoms with Crippen LogP contribution in [-0.4, -0.2) is 90.2 Å². The number of nitrogens with one attached hydrogen (secondary N) is 1. The van der Waals surface area contributed by atoms with Gasteiger partial charge in [-0.1, -0.05) is 0 Å². The fourth-order valence-electron chi connectivity index (χ4n) is 4.60. The monoisotopic (exact) mass is 485 g/mol. The molecule has 0 aliphatic carbocycles. The lowest BCUT2D eigenvalue weighted by atomic mass is 9.90. The van der Waals surface area contributed by atoms with Gasteiger partial charge in [-0.3, -0.25) is 14.7 Å². The number of carbonyl (C=O) groups is 1. The van der Waals surface area contributed by atoms with E-state index in [1.54, 1.807) is 18.2 Å². The summed E-state index contributed by atoms with van der Waals surface area (Å²) in [7, 11) is 1.80. The number of carbonyl (C=O) groups excluding carboxylic acids is 1. The van der Waals surface area contributed by atoms with Crippen LogP contribution in [0, 0.1) is 6.92 Å². The number of likely N-dealkylation sites (tertiary alicyclic amines) is 1. The van der Waals surface area contributed by atoms with Crippen LogP contribution < -0.4 is 5.32 Å². The summed E-state index contributed by atoms with van der Waals surface area (Å²) in [6, 6.07) is 7.55. The number of hydrogen-bond donors (Lipinski definition) is 1. The number of ether oxygens (including phenoxy) is 1. The Balaban J connectivity index is 1.32. The topological polar surface area (TPSA) is 74.1 Å². The van der Waals surface area contributed by atoms with Crippen molar-refractivity contribution in [3.8, 4) is 0 Å². The van der Waals surface area contributed by atoms with E-state index in [0.29, 0.717) is 12.1 Å². The first-order valence-corrected chi connectivity index (χ1v) is 12.5. The fraction of sp³-hybridized carbons (Fsp3) is 0.560. The fourth-order valence-corrected chi connectivity index (χ4v) is 4.88. The van der Waals surface area contributed by atoms with Gasteiger partial charge < -0.3 is 24.3 Å². The summed E-state index contributed by atoms with van der Waals surface area (Å²) in [5, 5.41) is 4.24. The molecule has 9 heteroatoms. The van der Waals surface area contributed by atoms with Crippen LogP contribution in [-0.2, 0) is 11.3 Å². The van der Waals surface area contributed by atoms with E-state index in [4.69, 9.17) is 26.4 Å². The number of morpholine rings is 1. The van der Waals surface area contributed by atoms with Crippen molar-refractivity contribution in [2.75, 3.05) is 59.5 Å². The second-order valence-electron chi connectivity index (χ2n) is 9.07. The number of furan rings is 1. The highest BCUT2D eigenvalue weighted by atomic mass is 32.1. The number of rotatable bonds is 7. The Morgan fingerprint density at radius 3 is 2.68 bits per heavy atom. The molecular weight excluding hydrogens is 450 g/mol. The molecule has 0 aromatic carbocycles. The Labute approximate surface area is 207 Å². The smallest absolute Gasteiger partial charge is 0.255 e. The minimum Gasteiger partial charge on any atom is -0.467 e. The van der Waals surface area contributed by atoms with Crippen LogP contribution in [0.15, 0.2) is 34.9 Å². The van der Waals surface area contributed by atoms with Gasteiger partial charge in [-0.05, 0) is 56.2 Å². The lowest BCUT2D eigenvalue weighted by molar-refractivity contribution is 0.0388. The van der Waals surface area contributed by atoms with Gasteiger partial charge in [0.1, 0.15) is 5.76 Å². The number of pyridine rings is 1. The van der Waals surface area contributed by atoms with Gasteiger partial charge in [-0.25, -0.2) is 0 Å². The third-order valence-electron chi connectivity index (χ3n) is 6.59. The van der Waals surface area contributed by atoms with Gasteiger partial charge in [0.05, 0.1) is 37.3 Å². The van der Waals surface area contributed by atoms with Crippen LogP contribution in [0.5, 0.6) is 0 Å². The summed E-state index contributed by atoms with van der Waals surface area (Å²) in [4.78, 5) is 24.4. The van der Waals surface area contributed by atoms with E-state index in [0.717, 1.165) is 87.6 Å². The van der Waals surface area contributed by atoms with E-state index in [1.165, 1.54) is 0 Å². The number of nitrogens with zero attached hydrogens (tertiary/aromatic N) is 4. The molecule has 4 heterocycles. The predicted molar refractivity (Wildman–Crippen MR) is 135 cm³/mol. The quantitative estimate of drug-likeness (QED) is 0.600. The van der Waals surface area contributed by atoms with Crippen LogP contribution in [0.25, 0.3) is 0 Å². The van der Waals surface area contributed by atoms with Gasteiger partial charge in [0.15, 0.2) is 5.11 Å². The van der Waals surface area contributed by atoms with E-state index in [2.05, 4.69) is 15.1 Å². The molecule has 0 saturated carbocycles. The Morgan fingerprint density at radius 2 is 1.97 bits per heavy atom. The standard InChI is InChI=1S/C25H35N5O3S/c1-19-5-6-22(24(31)28(2)18-21-4-3-15-33-21)23(27-19)20-7-10-30(11-8-20)25(34)26-9-12-29-13-16-32-17-14-29/h3-6,15,20H,7-14,16-18H2,1-2H3,(H,26,34). The van der Waals surface area contributed by atoms with Gasteiger partial charge >= 0.3 is 0 Å². The lowest BCUT2D eigenvalue weighted by Gasteiger charge is -2.35. The van der Waals surface area contributed by atoms with Crippen LogP contribution in [0.2, 0.25) is 0 Å². The minimum atomic E-state index is -0.0263. The van der Waals surface area contributed by atoms with Gasteiger partial charge in [0, 0.05) is 57.9 Å². The number of hydrogen-bond acceptors (Lipinski definition) is 6. The van der Waals surface area contributed by atoms with Gasteiger partial charge in [0.2, 0.25) is 0 Å². The van der Waals surface area contributed by atoms with Crippen molar-refractivity contribution in [3.05, 3.63) is 53.2 Å². The van der Waals surface area contributed by atoms with E-state index in [-0.39, 0.29) is 11.8 Å². The summed E-state index contributed by atoms with van der Waals surface area (Å²) in [6.45, 7) is 9.56. The van der Waals surface area contributed by atoms with Crippen molar-refractivity contribution in [2.24, 2.45) is 0 Å². The average molecular weight is 486 g/mol. The highest BCUT2D eigenvalue weighted by molar-refractivity contribution is 7.80. The molecule has 184 valence electrons. The SMILES string of the molecule is Cc1ccc(C(=O)N(C)Cc2ccco2)c(C2CCN(C(=S)NCCN3CCOCC3)CC2)n1. The number of amides is 1. The molecule has 1 N–H and O–H groups in total. The zero-order valence-corrected chi connectivity index (χ0v) is 21.0. The van der Waals surface area contributed by atoms with E-state index in [9.17, 15) is 4.79 Å². The third kappa shape index (κ3) is 6.34. The average Bonchev–Trinajstić information content (AvgIpc) is 3.37. The Bertz CT molecular complexity index is 953. The van der Waals surface area contributed by atoms with E-state index < -0.39 is 0 Å². The zero-order valence-electron chi connectivity index (χ0n) is 20.2. The second-order valence-corrected chi connectivity index (χ2v) is 9.46. The summed E-state index contributed by atoms with van der Waals surface area (Å²) < 4.78 is 10.8. The third-order valence-corrected chi connectivity index (χ3v) is 6.99. The molecule has 8 nitrogen and oxygen atoms in total. The molecule has 0 bridgehead atoms. The lowest BCUT2D eigenvalue weighted by Crippen LogP contribution is -2.47. The largest absolute Gasteiger partial charge is 0.467 e. The van der Waals surface area contributed by atoms with Gasteiger partial charge in [-0.2, -0.15) is 0 Å². The van der Waals surface area contributed by atoms with Gasteiger partial charge in [0.25, 0.3) is 5.91 Å². The van der Waals surface area contributed by atoms with Crippen molar-refractivity contribution in [1.82, 2.24) is 25.0 Å². The highest BCUT2D eigenvalue weighted by Crippen LogP contribution is 2.30.